The maximum absolute atomic E-state index is 10.1. The normalized spacial score (nSPS) is 6.00. The van der Waals surface area contributed by atoms with Gasteiger partial charge in [-0.25, -0.2) is 0 Å². The average Bonchev–Trinajstić information content (AvgIpc) is 0.811. The number of hydrogen-bond donors (Lipinski definition) is 0. The van der Waals surface area contributed by atoms with E-state index in [2.05, 4.69) is 0 Å². The van der Waals surface area contributed by atoms with Crippen molar-refractivity contribution in [1.29, 1.82) is 0 Å². The van der Waals surface area contributed by atoms with E-state index in [-0.39, 0.29) is 37.7 Å². The van der Waals surface area contributed by atoms with Crippen molar-refractivity contribution in [3.8, 4) is 0 Å². The van der Waals surface area contributed by atoms with Crippen LogP contribution < -0.4 is 44.5 Å². The predicted octanol–water partition coefficient (Wildman–Crippen LogP) is -8.33. The Hall–Kier alpha value is 1.86. The fourth-order valence-corrected chi connectivity index (χ4v) is 0. The summed E-state index contributed by atoms with van der Waals surface area (Å²) in [5.41, 5.74) is 0. The molecule has 0 radical (unpaired) electrons. The molecule has 0 aliphatic heterocycles. The summed E-state index contributed by atoms with van der Waals surface area (Å²) in [5, 5.41) is 0. The van der Waals surface area contributed by atoms with E-state index in [0.29, 0.717) is 0 Å². The van der Waals surface area contributed by atoms with Gasteiger partial charge < -0.3 is 0 Å². The fraction of sp³-hybridized carbons (Fsp3) is 0. The Bertz CT molecular complexity index is 16.3. The van der Waals surface area contributed by atoms with Crippen LogP contribution in [0.2, 0.25) is 0 Å². The molecule has 0 N–H and O–H groups in total. The van der Waals surface area contributed by atoms with Crippen molar-refractivity contribution in [3.05, 3.63) is 0 Å². The Morgan fingerprint density at radius 1 is 1.17 bits per heavy atom. The molecule has 0 aliphatic rings. The van der Waals surface area contributed by atoms with Gasteiger partial charge in [-0.3, -0.25) is 0 Å². The Kier molecular flexibility index (Phi) is 26.0. The molecule has 0 aliphatic carbocycles. The third-order valence-corrected chi connectivity index (χ3v) is 0. The van der Waals surface area contributed by atoms with Crippen molar-refractivity contribution < 1.29 is 47.3 Å². The standard InChI is InChI=1S/FH.2Li.2O.Sb/h1H;;;;;/q;2*+1;2*-1;+1/p-1. The van der Waals surface area contributed by atoms with E-state index in [1.54, 1.807) is 0 Å². The van der Waals surface area contributed by atoms with Crippen LogP contribution in [0.5, 0.6) is 0 Å². The molecule has 0 aromatic heterocycles. The predicted molar refractivity (Wildman–Crippen MR) is 6.86 cm³/mol. The molecular formula is FLi2O2Sb. The Morgan fingerprint density at radius 2 is 1.17 bits per heavy atom. The second-order valence-electron chi connectivity index (χ2n) is 0.213. The van der Waals surface area contributed by atoms with Crippen LogP contribution in [-0.2, 0) is 0 Å². The number of rotatable bonds is 0. The Morgan fingerprint density at radius 3 is 1.17 bits per heavy atom. The average molecular weight is 187 g/mol. The number of halogens is 1. The monoisotopic (exact) mass is 186 g/mol. The topological polar surface area (TPSA) is 46.1 Å². The van der Waals surface area contributed by atoms with Gasteiger partial charge in [-0.05, 0) is 0 Å². The molecule has 0 unspecified atom stereocenters. The van der Waals surface area contributed by atoms with E-state index in [1.165, 1.54) is 0 Å². The molecule has 0 atom stereocenters. The van der Waals surface area contributed by atoms with E-state index >= 15 is 0 Å². The van der Waals surface area contributed by atoms with Gasteiger partial charge in [0.2, 0.25) is 0 Å². The van der Waals surface area contributed by atoms with Crippen molar-refractivity contribution in [3.63, 3.8) is 0 Å². The minimum absolute atomic E-state index is 0. The van der Waals surface area contributed by atoms with Crippen molar-refractivity contribution in [2.24, 2.45) is 0 Å². The van der Waals surface area contributed by atoms with E-state index in [4.69, 9.17) is 6.77 Å². The van der Waals surface area contributed by atoms with E-state index < -0.39 is 21.6 Å². The van der Waals surface area contributed by atoms with E-state index in [1.807, 2.05) is 0 Å². The molecule has 0 aromatic rings. The van der Waals surface area contributed by atoms with Crippen LogP contribution in [0.15, 0.2) is 0 Å². The molecule has 0 amide bonds. The van der Waals surface area contributed by atoms with Gasteiger partial charge in [-0.2, -0.15) is 0 Å². The SMILES string of the molecule is [Li+].[Li+].[O-][Sb]([O-])[F]. The van der Waals surface area contributed by atoms with Crippen LogP contribution in [-0.4, -0.2) is 21.6 Å². The molecule has 0 rings (SSSR count). The molecule has 26 valence electrons. The molecular weight excluding hydrogens is 187 g/mol. The first kappa shape index (κ1) is 15.7. The van der Waals surface area contributed by atoms with Crippen LogP contribution in [0.1, 0.15) is 0 Å². The van der Waals surface area contributed by atoms with Gasteiger partial charge in [0.15, 0.2) is 0 Å². The summed E-state index contributed by atoms with van der Waals surface area (Å²) in [6.45, 7) is 0. The van der Waals surface area contributed by atoms with Crippen LogP contribution >= 0.6 is 0 Å². The first-order valence-electron chi connectivity index (χ1n) is 0.534. The summed E-state index contributed by atoms with van der Waals surface area (Å²) >= 11 is -4.45. The third-order valence-electron chi connectivity index (χ3n) is 0. The first-order valence-corrected chi connectivity index (χ1v) is 3.58. The first-order chi connectivity index (χ1) is 1.73. The molecule has 0 fully saturated rings. The van der Waals surface area contributed by atoms with E-state index in [9.17, 15) is 2.81 Å². The van der Waals surface area contributed by atoms with Gasteiger partial charge in [-0.1, -0.05) is 0 Å². The van der Waals surface area contributed by atoms with E-state index in [0.717, 1.165) is 0 Å². The molecule has 0 saturated heterocycles. The Labute approximate surface area is 68.4 Å². The molecule has 0 spiro atoms. The van der Waals surface area contributed by atoms with Gasteiger partial charge >= 0.3 is 68.9 Å². The zero-order valence-corrected chi connectivity index (χ0v) is 6.19. The zero-order chi connectivity index (χ0) is 3.58. The van der Waals surface area contributed by atoms with Crippen molar-refractivity contribution in [2.75, 3.05) is 0 Å². The summed E-state index contributed by atoms with van der Waals surface area (Å²) < 4.78 is 27.0. The van der Waals surface area contributed by atoms with Crippen LogP contribution in [0.4, 0.5) is 2.81 Å². The fourth-order valence-electron chi connectivity index (χ4n) is 0. The molecule has 0 aromatic carbocycles. The second-order valence-corrected chi connectivity index (χ2v) is 1.43. The van der Waals surface area contributed by atoms with Gasteiger partial charge in [-0.15, -0.1) is 0 Å². The van der Waals surface area contributed by atoms with Crippen LogP contribution in [0.25, 0.3) is 0 Å². The molecule has 0 bridgehead atoms. The summed E-state index contributed by atoms with van der Waals surface area (Å²) in [6.07, 6.45) is 0. The van der Waals surface area contributed by atoms with Gasteiger partial charge in [0.05, 0.1) is 0 Å². The molecule has 2 nitrogen and oxygen atoms in total. The number of hydrogen-bond acceptors (Lipinski definition) is 2. The van der Waals surface area contributed by atoms with Crippen molar-refractivity contribution in [1.82, 2.24) is 0 Å². The van der Waals surface area contributed by atoms with Gasteiger partial charge in [0.25, 0.3) is 0 Å². The molecule has 6 heteroatoms. The van der Waals surface area contributed by atoms with Crippen molar-refractivity contribution in [2.45, 2.75) is 0 Å². The van der Waals surface area contributed by atoms with Crippen LogP contribution in [0, 0.1) is 0 Å². The molecule has 6 heavy (non-hydrogen) atoms. The zero-order valence-electron chi connectivity index (χ0n) is 3.64. The van der Waals surface area contributed by atoms with Gasteiger partial charge in [0, 0.05) is 0 Å². The molecule has 0 heterocycles. The summed E-state index contributed by atoms with van der Waals surface area (Å²) in [5.74, 6) is 0. The third kappa shape index (κ3) is 39.9. The quantitative estimate of drug-likeness (QED) is 0.353. The maximum atomic E-state index is 10.1. The molecule has 0 saturated carbocycles. The van der Waals surface area contributed by atoms with Gasteiger partial charge in [0.1, 0.15) is 0 Å². The van der Waals surface area contributed by atoms with Crippen LogP contribution in [0.3, 0.4) is 0 Å². The summed E-state index contributed by atoms with van der Waals surface area (Å²) in [7, 11) is 0. The second kappa shape index (κ2) is 9.98. The minimum atomic E-state index is -4.45. The van der Waals surface area contributed by atoms with Crippen molar-refractivity contribution >= 4 is 21.6 Å². The Balaban J connectivity index is -0.0000000450. The summed E-state index contributed by atoms with van der Waals surface area (Å²) in [6, 6.07) is 0. The summed E-state index contributed by atoms with van der Waals surface area (Å²) in [4.78, 5) is 0.